The van der Waals surface area contributed by atoms with Crippen molar-refractivity contribution in [1.82, 2.24) is 4.98 Å². The van der Waals surface area contributed by atoms with Crippen LogP contribution in [0.5, 0.6) is 5.75 Å². The number of ether oxygens (including phenoxy) is 2. The van der Waals surface area contributed by atoms with Gasteiger partial charge in [0, 0.05) is 11.1 Å². The molecule has 0 aliphatic carbocycles. The van der Waals surface area contributed by atoms with Crippen molar-refractivity contribution in [1.29, 1.82) is 0 Å². The van der Waals surface area contributed by atoms with Crippen molar-refractivity contribution in [2.45, 2.75) is 33.3 Å². The van der Waals surface area contributed by atoms with Gasteiger partial charge in [-0.25, -0.2) is 9.78 Å². The fourth-order valence-corrected chi connectivity index (χ4v) is 3.33. The molecule has 0 amide bonds. The molecule has 0 bridgehead atoms. The average Bonchev–Trinajstić information content (AvgIpc) is 3.14. The third-order valence-electron chi connectivity index (χ3n) is 4.12. The molecular formula is C22H24N2O3S. The summed E-state index contributed by atoms with van der Waals surface area (Å²) in [5, 5.41) is 5.88. The minimum Gasteiger partial charge on any atom is -0.482 e. The molecule has 0 saturated carbocycles. The number of rotatable bonds is 8. The van der Waals surface area contributed by atoms with Gasteiger partial charge < -0.3 is 14.8 Å². The molecule has 5 nitrogen and oxygen atoms in total. The summed E-state index contributed by atoms with van der Waals surface area (Å²) < 4.78 is 10.9. The number of para-hydroxylation sites is 1. The van der Waals surface area contributed by atoms with Crippen LogP contribution in [0.4, 0.5) is 10.8 Å². The van der Waals surface area contributed by atoms with Crippen LogP contribution in [0.25, 0.3) is 0 Å². The molecule has 0 saturated heterocycles. The maximum absolute atomic E-state index is 12.0. The number of aromatic nitrogens is 1. The van der Waals surface area contributed by atoms with E-state index in [1.807, 2.05) is 60.8 Å². The molecular weight excluding hydrogens is 372 g/mol. The molecule has 0 aliphatic rings. The lowest BCUT2D eigenvalue weighted by Crippen LogP contribution is -2.15. The fourth-order valence-electron chi connectivity index (χ4n) is 2.61. The Bertz CT molecular complexity index is 920. The van der Waals surface area contributed by atoms with E-state index < -0.39 is 5.97 Å². The number of carbonyl (C=O) groups excluding carboxylic acids is 1. The number of nitrogens with zero attached hydrogens (tertiary/aromatic N) is 1. The van der Waals surface area contributed by atoms with Crippen LogP contribution >= 0.6 is 11.3 Å². The van der Waals surface area contributed by atoms with Crippen LogP contribution in [0, 0.1) is 6.92 Å². The quantitative estimate of drug-likeness (QED) is 0.514. The zero-order valence-corrected chi connectivity index (χ0v) is 17.1. The van der Waals surface area contributed by atoms with E-state index in [1.54, 1.807) is 0 Å². The number of hydrogen-bond donors (Lipinski definition) is 1. The first-order chi connectivity index (χ1) is 13.5. The summed E-state index contributed by atoms with van der Waals surface area (Å²) in [4.78, 5) is 16.5. The molecule has 0 aliphatic heterocycles. The molecule has 3 aromatic rings. The van der Waals surface area contributed by atoms with Gasteiger partial charge in [0.15, 0.2) is 11.7 Å². The SMILES string of the molecule is Cc1ccc(Nc2nc(COC(=O)COc3ccccc3C(C)C)cs2)cc1. The van der Waals surface area contributed by atoms with Gasteiger partial charge in [0.2, 0.25) is 0 Å². The number of aryl methyl sites for hydroxylation is 1. The van der Waals surface area contributed by atoms with Gasteiger partial charge in [-0.05, 0) is 36.6 Å². The van der Waals surface area contributed by atoms with E-state index in [-0.39, 0.29) is 13.2 Å². The van der Waals surface area contributed by atoms with Gasteiger partial charge >= 0.3 is 5.97 Å². The van der Waals surface area contributed by atoms with Crippen molar-refractivity contribution < 1.29 is 14.3 Å². The minimum absolute atomic E-state index is 0.123. The van der Waals surface area contributed by atoms with Crippen molar-refractivity contribution in [2.75, 3.05) is 11.9 Å². The van der Waals surface area contributed by atoms with Crippen molar-refractivity contribution >= 4 is 28.1 Å². The lowest BCUT2D eigenvalue weighted by atomic mass is 10.0. The van der Waals surface area contributed by atoms with Gasteiger partial charge in [-0.2, -0.15) is 0 Å². The number of anilines is 2. The van der Waals surface area contributed by atoms with Crippen LogP contribution in [0.3, 0.4) is 0 Å². The van der Waals surface area contributed by atoms with Crippen LogP contribution in [-0.4, -0.2) is 17.6 Å². The summed E-state index contributed by atoms with van der Waals surface area (Å²) in [6, 6.07) is 15.8. The predicted octanol–water partition coefficient (Wildman–Crippen LogP) is 5.44. The fraction of sp³-hybridized carbons (Fsp3) is 0.273. The largest absolute Gasteiger partial charge is 0.482 e. The summed E-state index contributed by atoms with van der Waals surface area (Å²) in [5.74, 6) is 0.619. The monoisotopic (exact) mass is 396 g/mol. The Hall–Kier alpha value is -2.86. The Balaban J connectivity index is 1.47. The van der Waals surface area contributed by atoms with E-state index in [0.717, 1.165) is 16.4 Å². The highest BCUT2D eigenvalue weighted by Gasteiger charge is 2.11. The summed E-state index contributed by atoms with van der Waals surface area (Å²) >= 11 is 1.47. The molecule has 0 fully saturated rings. The molecule has 0 unspecified atom stereocenters. The third kappa shape index (κ3) is 5.57. The Labute approximate surface area is 169 Å². The molecule has 146 valence electrons. The van der Waals surface area contributed by atoms with Crippen molar-refractivity contribution in [3.63, 3.8) is 0 Å². The second kappa shape index (κ2) is 9.37. The molecule has 2 aromatic carbocycles. The van der Waals surface area contributed by atoms with Gasteiger partial charge in [-0.15, -0.1) is 11.3 Å². The Morgan fingerprint density at radius 2 is 1.89 bits per heavy atom. The highest BCUT2D eigenvalue weighted by molar-refractivity contribution is 7.13. The molecule has 28 heavy (non-hydrogen) atoms. The highest BCUT2D eigenvalue weighted by atomic mass is 32.1. The van der Waals surface area contributed by atoms with Gasteiger partial charge in [-0.1, -0.05) is 49.7 Å². The lowest BCUT2D eigenvalue weighted by molar-refractivity contribution is -0.147. The maximum Gasteiger partial charge on any atom is 0.344 e. The highest BCUT2D eigenvalue weighted by Crippen LogP contribution is 2.26. The standard InChI is InChI=1S/C22H24N2O3S/c1-15(2)19-6-4-5-7-20(19)26-13-21(25)27-12-18-14-28-22(24-18)23-17-10-8-16(3)9-11-17/h4-11,14-15H,12-13H2,1-3H3,(H,23,24). The number of carbonyl (C=O) groups is 1. The molecule has 3 rings (SSSR count). The van der Waals surface area contributed by atoms with Crippen molar-refractivity contribution in [3.8, 4) is 5.75 Å². The molecule has 1 heterocycles. The summed E-state index contributed by atoms with van der Waals surface area (Å²) in [7, 11) is 0. The summed E-state index contributed by atoms with van der Waals surface area (Å²) in [6.45, 7) is 6.23. The van der Waals surface area contributed by atoms with Gasteiger partial charge in [0.1, 0.15) is 12.4 Å². The molecule has 1 N–H and O–H groups in total. The Kier molecular flexibility index (Phi) is 6.66. The number of thiazole rings is 1. The number of esters is 1. The van der Waals surface area contributed by atoms with Crippen LogP contribution in [0.2, 0.25) is 0 Å². The summed E-state index contributed by atoms with van der Waals surface area (Å²) in [6.07, 6.45) is 0. The molecule has 0 atom stereocenters. The number of benzene rings is 2. The number of hydrogen-bond acceptors (Lipinski definition) is 6. The van der Waals surface area contributed by atoms with Gasteiger partial charge in [-0.3, -0.25) is 0 Å². The predicted molar refractivity (Wildman–Crippen MR) is 112 cm³/mol. The average molecular weight is 397 g/mol. The van der Waals surface area contributed by atoms with E-state index in [9.17, 15) is 4.79 Å². The van der Waals surface area contributed by atoms with Crippen LogP contribution < -0.4 is 10.1 Å². The maximum atomic E-state index is 12.0. The molecule has 0 spiro atoms. The number of nitrogens with one attached hydrogen (secondary N) is 1. The Morgan fingerprint density at radius 1 is 1.14 bits per heavy atom. The van der Waals surface area contributed by atoms with Crippen molar-refractivity contribution in [3.05, 3.63) is 70.7 Å². The van der Waals surface area contributed by atoms with E-state index in [1.165, 1.54) is 16.9 Å². The zero-order valence-electron chi connectivity index (χ0n) is 16.3. The first kappa shape index (κ1) is 19.9. The topological polar surface area (TPSA) is 60.5 Å². The van der Waals surface area contributed by atoms with Crippen LogP contribution in [0.1, 0.15) is 36.6 Å². The van der Waals surface area contributed by atoms with E-state index >= 15 is 0 Å². The van der Waals surface area contributed by atoms with E-state index in [2.05, 4.69) is 24.1 Å². The minimum atomic E-state index is -0.417. The van der Waals surface area contributed by atoms with E-state index in [0.29, 0.717) is 17.4 Å². The van der Waals surface area contributed by atoms with Crippen LogP contribution in [0.15, 0.2) is 53.9 Å². The van der Waals surface area contributed by atoms with Crippen molar-refractivity contribution in [2.24, 2.45) is 0 Å². The Morgan fingerprint density at radius 3 is 2.64 bits per heavy atom. The van der Waals surface area contributed by atoms with Gasteiger partial charge in [0.05, 0.1) is 5.69 Å². The third-order valence-corrected chi connectivity index (χ3v) is 4.93. The summed E-state index contributed by atoms with van der Waals surface area (Å²) in [5.41, 5.74) is 3.95. The van der Waals surface area contributed by atoms with E-state index in [4.69, 9.17) is 9.47 Å². The van der Waals surface area contributed by atoms with Gasteiger partial charge in [0.25, 0.3) is 0 Å². The molecule has 1 aromatic heterocycles. The smallest absolute Gasteiger partial charge is 0.344 e. The first-order valence-corrected chi connectivity index (χ1v) is 10.0. The molecule has 0 radical (unpaired) electrons. The second-order valence-corrected chi connectivity index (χ2v) is 7.64. The normalized spacial score (nSPS) is 10.7. The first-order valence-electron chi connectivity index (χ1n) is 9.16. The van der Waals surface area contributed by atoms with Crippen LogP contribution in [-0.2, 0) is 16.1 Å². The lowest BCUT2D eigenvalue weighted by Gasteiger charge is -2.13. The second-order valence-electron chi connectivity index (χ2n) is 6.78. The molecule has 6 heteroatoms. The zero-order chi connectivity index (χ0) is 19.9.